The lowest BCUT2D eigenvalue weighted by Crippen LogP contribution is -2.11. The maximum absolute atomic E-state index is 5.87. The summed E-state index contributed by atoms with van der Waals surface area (Å²) in [5, 5.41) is 0. The highest BCUT2D eigenvalue weighted by molar-refractivity contribution is 5.42. The van der Waals surface area contributed by atoms with E-state index in [2.05, 4.69) is 28.4 Å². The molecule has 1 aromatic carbocycles. The molecule has 0 radical (unpaired) electrons. The van der Waals surface area contributed by atoms with Crippen LogP contribution in [0.5, 0.6) is 11.6 Å². The van der Waals surface area contributed by atoms with Crippen LogP contribution < -0.4 is 16.0 Å². The molecule has 2 rings (SSSR count). The van der Waals surface area contributed by atoms with Crippen LogP contribution >= 0.6 is 0 Å². The van der Waals surface area contributed by atoms with Gasteiger partial charge in [-0.15, -0.1) is 0 Å². The molecule has 3 N–H and O–H groups in total. The van der Waals surface area contributed by atoms with Gasteiger partial charge in [-0.2, -0.15) is 4.98 Å². The van der Waals surface area contributed by atoms with Crippen LogP contribution in [0.2, 0.25) is 0 Å². The second-order valence-corrected chi connectivity index (χ2v) is 4.77. The van der Waals surface area contributed by atoms with Crippen molar-refractivity contribution >= 4 is 5.82 Å². The van der Waals surface area contributed by atoms with E-state index in [9.17, 15) is 0 Å². The number of anilines is 1. The van der Waals surface area contributed by atoms with E-state index in [-0.39, 0.29) is 0 Å². The van der Waals surface area contributed by atoms with Crippen LogP contribution in [0.3, 0.4) is 0 Å². The Hall–Kier alpha value is -2.14. The van der Waals surface area contributed by atoms with Crippen LogP contribution in [0.1, 0.15) is 30.3 Å². The van der Waals surface area contributed by atoms with Crippen LogP contribution in [0.25, 0.3) is 0 Å². The highest BCUT2D eigenvalue weighted by atomic mass is 16.5. The summed E-state index contributed by atoms with van der Waals surface area (Å²) in [4.78, 5) is 8.70. The van der Waals surface area contributed by atoms with Gasteiger partial charge in [0.25, 0.3) is 0 Å². The first-order chi connectivity index (χ1) is 9.62. The fraction of sp³-hybridized carbons (Fsp3) is 0.333. The van der Waals surface area contributed by atoms with Crippen LogP contribution in [0, 0.1) is 13.8 Å². The number of aryl methyl sites for hydroxylation is 3. The predicted molar refractivity (Wildman–Crippen MR) is 79.8 cm³/mol. The van der Waals surface area contributed by atoms with E-state index in [1.165, 1.54) is 0 Å². The summed E-state index contributed by atoms with van der Waals surface area (Å²) in [5.41, 5.74) is 4.75. The minimum atomic E-state index is 0.505. The first-order valence-electron chi connectivity index (χ1n) is 6.72. The molecule has 20 heavy (non-hydrogen) atoms. The Bertz CT molecular complexity index is 598. The molecule has 0 fully saturated rings. The summed E-state index contributed by atoms with van der Waals surface area (Å²) in [7, 11) is 0. The van der Waals surface area contributed by atoms with E-state index < -0.39 is 0 Å². The molecule has 0 unspecified atom stereocenters. The van der Waals surface area contributed by atoms with Crippen molar-refractivity contribution in [2.45, 2.75) is 33.6 Å². The molecule has 0 saturated heterocycles. The number of nitrogens with two attached hydrogens (primary N) is 1. The first kappa shape index (κ1) is 14.3. The molecule has 1 heterocycles. The van der Waals surface area contributed by atoms with Crippen LogP contribution in [-0.2, 0) is 6.42 Å². The second kappa shape index (κ2) is 6.34. The molecule has 0 atom stereocenters. The van der Waals surface area contributed by atoms with Crippen LogP contribution in [-0.4, -0.2) is 9.97 Å². The smallest absolute Gasteiger partial charge is 0.224 e. The number of hydrogen-bond donors (Lipinski definition) is 2. The molecule has 0 spiro atoms. The Morgan fingerprint density at radius 3 is 2.70 bits per heavy atom. The van der Waals surface area contributed by atoms with Gasteiger partial charge < -0.3 is 10.2 Å². The maximum atomic E-state index is 5.87. The topological polar surface area (TPSA) is 73.1 Å². The maximum Gasteiger partial charge on any atom is 0.224 e. The Balaban J connectivity index is 2.32. The normalized spacial score (nSPS) is 10.4. The molecule has 106 valence electrons. The lowest BCUT2D eigenvalue weighted by atomic mass is 10.1. The van der Waals surface area contributed by atoms with Gasteiger partial charge in [-0.05, 0) is 37.5 Å². The molecule has 0 amide bonds. The van der Waals surface area contributed by atoms with Gasteiger partial charge in [0.2, 0.25) is 5.88 Å². The zero-order chi connectivity index (χ0) is 14.5. The third kappa shape index (κ3) is 3.45. The summed E-state index contributed by atoms with van der Waals surface area (Å²) in [5.74, 6) is 8.02. The Morgan fingerprint density at radius 2 is 2.00 bits per heavy atom. The van der Waals surface area contributed by atoms with Crippen molar-refractivity contribution < 1.29 is 4.74 Å². The Labute approximate surface area is 119 Å². The third-order valence-corrected chi connectivity index (χ3v) is 2.93. The van der Waals surface area contributed by atoms with Crippen molar-refractivity contribution in [3.8, 4) is 11.6 Å². The standard InChI is InChI=1S/C15H20N4O/c1-4-5-13-17-14(19-16)9-15(18-13)20-12-8-10(2)6-7-11(12)3/h6-9H,4-5,16H2,1-3H3,(H,17,18,19). The molecule has 0 saturated carbocycles. The number of nitrogen functional groups attached to an aromatic ring is 1. The van der Waals surface area contributed by atoms with Crippen molar-refractivity contribution in [3.63, 3.8) is 0 Å². The largest absolute Gasteiger partial charge is 0.439 e. The molecule has 5 heteroatoms. The van der Waals surface area contributed by atoms with Gasteiger partial charge in [0, 0.05) is 12.5 Å². The van der Waals surface area contributed by atoms with E-state index >= 15 is 0 Å². The molecule has 0 aliphatic carbocycles. The van der Waals surface area contributed by atoms with Crippen molar-refractivity contribution in [3.05, 3.63) is 41.2 Å². The zero-order valence-corrected chi connectivity index (χ0v) is 12.1. The molecular formula is C15H20N4O. The average Bonchev–Trinajstić information content (AvgIpc) is 2.43. The van der Waals surface area contributed by atoms with Crippen LogP contribution in [0.15, 0.2) is 24.3 Å². The monoisotopic (exact) mass is 272 g/mol. The van der Waals surface area contributed by atoms with Crippen molar-refractivity contribution in [1.82, 2.24) is 9.97 Å². The number of benzene rings is 1. The van der Waals surface area contributed by atoms with E-state index in [1.807, 2.05) is 26.0 Å². The van der Waals surface area contributed by atoms with Gasteiger partial charge in [-0.25, -0.2) is 10.8 Å². The minimum absolute atomic E-state index is 0.505. The number of ether oxygens (including phenoxy) is 1. The van der Waals surface area contributed by atoms with Gasteiger partial charge >= 0.3 is 0 Å². The first-order valence-corrected chi connectivity index (χ1v) is 6.72. The molecule has 0 aliphatic heterocycles. The number of hydrazine groups is 1. The molecule has 1 aromatic heterocycles. The highest BCUT2D eigenvalue weighted by Crippen LogP contribution is 2.26. The van der Waals surface area contributed by atoms with Gasteiger partial charge in [0.05, 0.1) is 0 Å². The fourth-order valence-electron chi connectivity index (χ4n) is 1.86. The Morgan fingerprint density at radius 1 is 1.20 bits per heavy atom. The lowest BCUT2D eigenvalue weighted by molar-refractivity contribution is 0.455. The SMILES string of the molecule is CCCc1nc(NN)cc(Oc2cc(C)ccc2C)n1. The second-order valence-electron chi connectivity index (χ2n) is 4.77. The Kier molecular flexibility index (Phi) is 4.53. The number of hydrogen-bond acceptors (Lipinski definition) is 5. The van der Waals surface area contributed by atoms with Gasteiger partial charge in [-0.3, -0.25) is 0 Å². The molecule has 5 nitrogen and oxygen atoms in total. The number of aromatic nitrogens is 2. The van der Waals surface area contributed by atoms with Crippen molar-refractivity contribution in [2.24, 2.45) is 5.84 Å². The van der Waals surface area contributed by atoms with E-state index in [0.29, 0.717) is 11.7 Å². The summed E-state index contributed by atoms with van der Waals surface area (Å²) >= 11 is 0. The van der Waals surface area contributed by atoms with E-state index in [0.717, 1.165) is 35.5 Å². The zero-order valence-electron chi connectivity index (χ0n) is 12.1. The van der Waals surface area contributed by atoms with Gasteiger partial charge in [-0.1, -0.05) is 19.1 Å². The van der Waals surface area contributed by atoms with Gasteiger partial charge in [0.1, 0.15) is 17.4 Å². The molecule has 0 bridgehead atoms. The van der Waals surface area contributed by atoms with E-state index in [4.69, 9.17) is 10.6 Å². The predicted octanol–water partition coefficient (Wildman–Crippen LogP) is 3.12. The third-order valence-electron chi connectivity index (χ3n) is 2.93. The van der Waals surface area contributed by atoms with Crippen LogP contribution in [0.4, 0.5) is 5.82 Å². The molecule has 2 aromatic rings. The number of nitrogens with zero attached hydrogens (tertiary/aromatic N) is 2. The minimum Gasteiger partial charge on any atom is -0.439 e. The fourth-order valence-corrected chi connectivity index (χ4v) is 1.86. The summed E-state index contributed by atoms with van der Waals surface area (Å²) in [6.07, 6.45) is 1.76. The van der Waals surface area contributed by atoms with Crippen molar-refractivity contribution in [1.29, 1.82) is 0 Å². The van der Waals surface area contributed by atoms with Crippen molar-refractivity contribution in [2.75, 3.05) is 5.43 Å². The average molecular weight is 272 g/mol. The quantitative estimate of drug-likeness (QED) is 0.646. The lowest BCUT2D eigenvalue weighted by Gasteiger charge is -2.11. The summed E-state index contributed by atoms with van der Waals surface area (Å²) in [6, 6.07) is 7.77. The van der Waals surface area contributed by atoms with E-state index in [1.54, 1.807) is 6.07 Å². The summed E-state index contributed by atoms with van der Waals surface area (Å²) in [6.45, 7) is 6.11. The highest BCUT2D eigenvalue weighted by Gasteiger charge is 2.07. The summed E-state index contributed by atoms with van der Waals surface area (Å²) < 4.78 is 5.87. The number of nitrogens with one attached hydrogen (secondary N) is 1. The molecular weight excluding hydrogens is 252 g/mol. The molecule has 0 aliphatic rings. The van der Waals surface area contributed by atoms with Gasteiger partial charge in [0.15, 0.2) is 0 Å². The number of rotatable bonds is 5.